The zero-order chi connectivity index (χ0) is 10.0. The van der Waals surface area contributed by atoms with Crippen LogP contribution in [0.25, 0.3) is 0 Å². The fraction of sp³-hybridized carbons (Fsp3) is 0.400. The fourth-order valence-electron chi connectivity index (χ4n) is 0.982. The Morgan fingerprint density at radius 3 is 2.38 bits per heavy atom. The van der Waals surface area contributed by atoms with Gasteiger partial charge in [-0.3, -0.25) is 0 Å². The standard InChI is InChI=1S/C10H12Cl2O/c1-6(2)13-9-5-4-8(11)7(3)10(9)12/h4-6H,1-3H3. The van der Waals surface area contributed by atoms with E-state index in [1.54, 1.807) is 12.1 Å². The molecule has 1 nitrogen and oxygen atoms in total. The van der Waals surface area contributed by atoms with Gasteiger partial charge in [0.1, 0.15) is 5.75 Å². The Hall–Kier alpha value is -0.400. The monoisotopic (exact) mass is 218 g/mol. The summed E-state index contributed by atoms with van der Waals surface area (Å²) in [6.45, 7) is 5.79. The van der Waals surface area contributed by atoms with Crippen LogP contribution in [0.15, 0.2) is 12.1 Å². The molecule has 0 saturated heterocycles. The molecule has 3 heteroatoms. The number of ether oxygens (including phenoxy) is 1. The van der Waals surface area contributed by atoms with Crippen LogP contribution in [0.2, 0.25) is 10.0 Å². The molecule has 1 rings (SSSR count). The molecule has 0 saturated carbocycles. The van der Waals surface area contributed by atoms with Gasteiger partial charge in [0.25, 0.3) is 0 Å². The zero-order valence-corrected chi connectivity index (χ0v) is 9.41. The van der Waals surface area contributed by atoms with Gasteiger partial charge < -0.3 is 4.74 Å². The maximum Gasteiger partial charge on any atom is 0.138 e. The number of hydrogen-bond acceptors (Lipinski definition) is 1. The van der Waals surface area contributed by atoms with Crippen molar-refractivity contribution in [3.8, 4) is 5.75 Å². The van der Waals surface area contributed by atoms with E-state index in [-0.39, 0.29) is 6.10 Å². The largest absolute Gasteiger partial charge is 0.489 e. The summed E-state index contributed by atoms with van der Waals surface area (Å²) in [6, 6.07) is 3.58. The molecule has 0 unspecified atom stereocenters. The minimum absolute atomic E-state index is 0.123. The number of halogens is 2. The lowest BCUT2D eigenvalue weighted by atomic mass is 10.2. The normalized spacial score (nSPS) is 10.6. The van der Waals surface area contributed by atoms with Crippen molar-refractivity contribution in [1.82, 2.24) is 0 Å². The molecule has 72 valence electrons. The van der Waals surface area contributed by atoms with Crippen LogP contribution in [0.5, 0.6) is 5.75 Å². The summed E-state index contributed by atoms with van der Waals surface area (Å²) in [5, 5.41) is 1.27. The van der Waals surface area contributed by atoms with Crippen LogP contribution in [0.3, 0.4) is 0 Å². The van der Waals surface area contributed by atoms with E-state index in [1.165, 1.54) is 0 Å². The number of benzene rings is 1. The first kappa shape index (κ1) is 10.7. The van der Waals surface area contributed by atoms with Gasteiger partial charge in [0.05, 0.1) is 11.1 Å². The van der Waals surface area contributed by atoms with Gasteiger partial charge in [-0.15, -0.1) is 0 Å². The number of rotatable bonds is 2. The Balaban J connectivity index is 3.04. The molecule has 0 aliphatic rings. The van der Waals surface area contributed by atoms with Gasteiger partial charge in [-0.05, 0) is 38.5 Å². The van der Waals surface area contributed by atoms with Crippen LogP contribution in [-0.2, 0) is 0 Å². The molecule has 0 fully saturated rings. The summed E-state index contributed by atoms with van der Waals surface area (Å²) in [6.07, 6.45) is 0.123. The van der Waals surface area contributed by atoms with Crippen molar-refractivity contribution in [2.45, 2.75) is 26.9 Å². The molecular weight excluding hydrogens is 207 g/mol. The Labute approximate surface area is 88.6 Å². The van der Waals surface area contributed by atoms with Crippen LogP contribution in [-0.4, -0.2) is 6.10 Å². The van der Waals surface area contributed by atoms with Crippen LogP contribution < -0.4 is 4.74 Å². The predicted molar refractivity (Wildman–Crippen MR) is 57.0 cm³/mol. The van der Waals surface area contributed by atoms with Crippen molar-refractivity contribution >= 4 is 23.2 Å². The van der Waals surface area contributed by atoms with Crippen molar-refractivity contribution < 1.29 is 4.74 Å². The van der Waals surface area contributed by atoms with Gasteiger partial charge in [0, 0.05) is 5.02 Å². The quantitative estimate of drug-likeness (QED) is 0.727. The molecule has 0 radical (unpaired) electrons. The summed E-state index contributed by atoms with van der Waals surface area (Å²) >= 11 is 11.9. The second kappa shape index (κ2) is 4.21. The Morgan fingerprint density at radius 2 is 1.85 bits per heavy atom. The maximum atomic E-state index is 6.03. The molecular formula is C10H12Cl2O. The summed E-state index contributed by atoms with van der Waals surface area (Å²) in [7, 11) is 0. The van der Waals surface area contributed by atoms with E-state index >= 15 is 0 Å². The highest BCUT2D eigenvalue weighted by Crippen LogP contribution is 2.32. The van der Waals surface area contributed by atoms with E-state index in [0.717, 1.165) is 5.56 Å². The average molecular weight is 219 g/mol. The third kappa shape index (κ3) is 2.52. The van der Waals surface area contributed by atoms with Crippen LogP contribution in [0.4, 0.5) is 0 Å². The van der Waals surface area contributed by atoms with E-state index in [2.05, 4.69) is 0 Å². The molecule has 0 heterocycles. The number of hydrogen-bond donors (Lipinski definition) is 0. The summed E-state index contributed by atoms with van der Waals surface area (Å²) < 4.78 is 5.49. The SMILES string of the molecule is Cc1c(Cl)ccc(OC(C)C)c1Cl. The smallest absolute Gasteiger partial charge is 0.138 e. The van der Waals surface area contributed by atoms with E-state index in [0.29, 0.717) is 15.8 Å². The summed E-state index contributed by atoms with van der Waals surface area (Å²) in [5.74, 6) is 0.693. The Morgan fingerprint density at radius 1 is 1.23 bits per heavy atom. The van der Waals surface area contributed by atoms with E-state index in [4.69, 9.17) is 27.9 Å². The lowest BCUT2D eigenvalue weighted by Crippen LogP contribution is -2.06. The third-order valence-corrected chi connectivity index (χ3v) is 2.53. The highest BCUT2D eigenvalue weighted by Gasteiger charge is 2.08. The highest BCUT2D eigenvalue weighted by molar-refractivity contribution is 6.36. The molecule has 0 atom stereocenters. The first-order valence-corrected chi connectivity index (χ1v) is 4.89. The second-order valence-electron chi connectivity index (χ2n) is 3.15. The van der Waals surface area contributed by atoms with Crippen molar-refractivity contribution in [2.75, 3.05) is 0 Å². The second-order valence-corrected chi connectivity index (χ2v) is 3.94. The van der Waals surface area contributed by atoms with Crippen molar-refractivity contribution in [3.63, 3.8) is 0 Å². The Bertz CT molecular complexity index is 308. The van der Waals surface area contributed by atoms with Crippen LogP contribution >= 0.6 is 23.2 Å². The first-order chi connectivity index (χ1) is 6.02. The third-order valence-electron chi connectivity index (χ3n) is 1.65. The summed E-state index contributed by atoms with van der Waals surface area (Å²) in [5.41, 5.74) is 0.862. The van der Waals surface area contributed by atoms with Crippen molar-refractivity contribution in [3.05, 3.63) is 27.7 Å². The van der Waals surface area contributed by atoms with Crippen LogP contribution in [0, 0.1) is 6.92 Å². The molecule has 0 bridgehead atoms. The lowest BCUT2D eigenvalue weighted by molar-refractivity contribution is 0.242. The van der Waals surface area contributed by atoms with Crippen molar-refractivity contribution in [1.29, 1.82) is 0 Å². The van der Waals surface area contributed by atoms with Gasteiger partial charge in [-0.25, -0.2) is 0 Å². The maximum absolute atomic E-state index is 6.03. The predicted octanol–water partition coefficient (Wildman–Crippen LogP) is 4.09. The zero-order valence-electron chi connectivity index (χ0n) is 7.90. The Kier molecular flexibility index (Phi) is 3.46. The van der Waals surface area contributed by atoms with Crippen LogP contribution in [0.1, 0.15) is 19.4 Å². The average Bonchev–Trinajstić information content (AvgIpc) is 2.06. The molecule has 1 aromatic rings. The molecule has 0 spiro atoms. The molecule has 1 aromatic carbocycles. The summed E-state index contributed by atoms with van der Waals surface area (Å²) in [4.78, 5) is 0. The molecule has 13 heavy (non-hydrogen) atoms. The molecule has 0 N–H and O–H groups in total. The van der Waals surface area contributed by atoms with Gasteiger partial charge in [-0.2, -0.15) is 0 Å². The molecule has 0 aliphatic carbocycles. The van der Waals surface area contributed by atoms with Gasteiger partial charge in [0.2, 0.25) is 0 Å². The van der Waals surface area contributed by atoms with E-state index in [9.17, 15) is 0 Å². The minimum Gasteiger partial charge on any atom is -0.489 e. The fourth-order valence-corrected chi connectivity index (χ4v) is 1.40. The highest BCUT2D eigenvalue weighted by atomic mass is 35.5. The topological polar surface area (TPSA) is 9.23 Å². The van der Waals surface area contributed by atoms with Gasteiger partial charge in [0.15, 0.2) is 0 Å². The molecule has 0 aromatic heterocycles. The van der Waals surface area contributed by atoms with Gasteiger partial charge >= 0.3 is 0 Å². The molecule has 0 aliphatic heterocycles. The van der Waals surface area contributed by atoms with Gasteiger partial charge in [-0.1, -0.05) is 23.2 Å². The minimum atomic E-state index is 0.123. The lowest BCUT2D eigenvalue weighted by Gasteiger charge is -2.12. The van der Waals surface area contributed by atoms with Crippen molar-refractivity contribution in [2.24, 2.45) is 0 Å². The van der Waals surface area contributed by atoms with E-state index in [1.807, 2.05) is 20.8 Å². The molecule has 0 amide bonds. The van der Waals surface area contributed by atoms with E-state index < -0.39 is 0 Å². The first-order valence-electron chi connectivity index (χ1n) is 4.13.